The van der Waals surface area contributed by atoms with Crippen molar-refractivity contribution in [3.63, 3.8) is 0 Å². The van der Waals surface area contributed by atoms with Gasteiger partial charge in [-0.3, -0.25) is 4.79 Å². The molecule has 1 amide bonds. The summed E-state index contributed by atoms with van der Waals surface area (Å²) in [4.78, 5) is 12.5. The van der Waals surface area contributed by atoms with Crippen molar-refractivity contribution in [1.29, 1.82) is 0 Å². The Bertz CT molecular complexity index is 506. The van der Waals surface area contributed by atoms with E-state index in [1.165, 1.54) is 0 Å². The number of amides is 1. The van der Waals surface area contributed by atoms with E-state index < -0.39 is 5.41 Å². The summed E-state index contributed by atoms with van der Waals surface area (Å²) in [6, 6.07) is 5.34. The molecule has 0 atom stereocenters. The Morgan fingerprint density at radius 1 is 1.45 bits per heavy atom. The highest BCUT2D eigenvalue weighted by Gasteiger charge is 2.38. The fourth-order valence-corrected chi connectivity index (χ4v) is 2.73. The van der Waals surface area contributed by atoms with Gasteiger partial charge in [0.1, 0.15) is 5.75 Å². The fraction of sp³-hybridized carbons (Fsp3) is 0.533. The van der Waals surface area contributed by atoms with Gasteiger partial charge in [0, 0.05) is 36.9 Å². The predicted molar refractivity (Wildman–Crippen MR) is 88.6 cm³/mol. The molecule has 0 aromatic heterocycles. The Hall–Kier alpha value is -1.01. The van der Waals surface area contributed by atoms with E-state index in [4.69, 9.17) is 26.8 Å². The van der Waals surface area contributed by atoms with E-state index >= 15 is 0 Å². The third-order valence-corrected chi connectivity index (χ3v) is 4.24. The number of methoxy groups -OCH3 is 1. The van der Waals surface area contributed by atoms with Crippen molar-refractivity contribution >= 4 is 29.9 Å². The Morgan fingerprint density at radius 2 is 2.14 bits per heavy atom. The Labute approximate surface area is 141 Å². The van der Waals surface area contributed by atoms with Crippen molar-refractivity contribution in [2.24, 2.45) is 11.1 Å². The maximum atomic E-state index is 12.5. The molecule has 1 aromatic rings. The van der Waals surface area contributed by atoms with E-state index in [1.807, 2.05) is 0 Å². The molecule has 0 radical (unpaired) electrons. The lowest BCUT2D eigenvalue weighted by molar-refractivity contribution is -0.136. The molecule has 1 aliphatic heterocycles. The smallest absolute Gasteiger partial charge is 0.227 e. The van der Waals surface area contributed by atoms with Crippen molar-refractivity contribution in [1.82, 2.24) is 5.32 Å². The summed E-state index contributed by atoms with van der Waals surface area (Å²) in [6.07, 6.45) is 1.31. The summed E-state index contributed by atoms with van der Waals surface area (Å²) in [6.45, 7) is 1.84. The highest BCUT2D eigenvalue weighted by atomic mass is 35.5. The second-order valence-corrected chi connectivity index (χ2v) is 5.67. The largest absolute Gasteiger partial charge is 0.496 e. The van der Waals surface area contributed by atoms with Crippen molar-refractivity contribution in [2.75, 3.05) is 26.9 Å². The molecule has 5 nitrogen and oxygen atoms in total. The number of benzene rings is 1. The second kappa shape index (κ2) is 8.58. The predicted octanol–water partition coefficient (Wildman–Crippen LogP) is 2.14. The van der Waals surface area contributed by atoms with E-state index in [2.05, 4.69) is 5.32 Å². The third kappa shape index (κ3) is 4.26. The SMILES string of the molecule is COc1ccc(Cl)cc1CNC(=O)C1(CN)CCOCC1.Cl. The first-order chi connectivity index (χ1) is 10.1. The Kier molecular flexibility index (Phi) is 7.42. The monoisotopic (exact) mass is 348 g/mol. The molecular formula is C15H22Cl2N2O3. The average molecular weight is 349 g/mol. The molecule has 1 heterocycles. The molecule has 0 saturated carbocycles. The number of hydrogen-bond donors (Lipinski definition) is 2. The minimum absolute atomic E-state index is 0. The molecule has 0 bridgehead atoms. The molecule has 0 unspecified atom stereocenters. The zero-order valence-electron chi connectivity index (χ0n) is 12.6. The highest BCUT2D eigenvalue weighted by molar-refractivity contribution is 6.30. The molecule has 2 rings (SSSR count). The van der Waals surface area contributed by atoms with Crippen LogP contribution in [0.1, 0.15) is 18.4 Å². The molecule has 1 aromatic carbocycles. The van der Waals surface area contributed by atoms with Crippen LogP contribution in [0.4, 0.5) is 0 Å². The summed E-state index contributed by atoms with van der Waals surface area (Å²) in [7, 11) is 1.59. The molecule has 124 valence electrons. The van der Waals surface area contributed by atoms with E-state index in [9.17, 15) is 4.79 Å². The minimum atomic E-state index is -0.524. The highest BCUT2D eigenvalue weighted by Crippen LogP contribution is 2.30. The number of rotatable bonds is 5. The van der Waals surface area contributed by atoms with E-state index in [1.54, 1.807) is 25.3 Å². The van der Waals surface area contributed by atoms with E-state index in [-0.39, 0.29) is 18.3 Å². The normalized spacial score (nSPS) is 16.5. The van der Waals surface area contributed by atoms with Crippen molar-refractivity contribution in [3.8, 4) is 5.75 Å². The van der Waals surface area contributed by atoms with Gasteiger partial charge in [0.05, 0.1) is 12.5 Å². The molecule has 1 saturated heterocycles. The van der Waals surface area contributed by atoms with Gasteiger partial charge in [-0.2, -0.15) is 0 Å². The summed E-state index contributed by atoms with van der Waals surface area (Å²) in [5.41, 5.74) is 6.15. The van der Waals surface area contributed by atoms with Crippen molar-refractivity contribution in [2.45, 2.75) is 19.4 Å². The number of nitrogens with one attached hydrogen (secondary N) is 1. The molecule has 1 fully saturated rings. The second-order valence-electron chi connectivity index (χ2n) is 5.24. The number of halogens is 2. The van der Waals surface area contributed by atoms with E-state index in [0.29, 0.717) is 49.9 Å². The van der Waals surface area contributed by atoms with Gasteiger partial charge in [-0.15, -0.1) is 12.4 Å². The zero-order chi connectivity index (χ0) is 15.3. The molecular weight excluding hydrogens is 327 g/mol. The fourth-order valence-electron chi connectivity index (χ4n) is 2.53. The number of carbonyl (C=O) groups is 1. The van der Waals surface area contributed by atoms with Gasteiger partial charge < -0.3 is 20.5 Å². The van der Waals surface area contributed by atoms with Crippen LogP contribution in [0.15, 0.2) is 18.2 Å². The van der Waals surface area contributed by atoms with Crippen LogP contribution in [0.25, 0.3) is 0 Å². The maximum Gasteiger partial charge on any atom is 0.227 e. The first-order valence-electron chi connectivity index (χ1n) is 7.00. The summed E-state index contributed by atoms with van der Waals surface area (Å²) >= 11 is 5.99. The number of hydrogen-bond acceptors (Lipinski definition) is 4. The molecule has 7 heteroatoms. The topological polar surface area (TPSA) is 73.6 Å². The van der Waals surface area contributed by atoms with Gasteiger partial charge in [0.25, 0.3) is 0 Å². The number of ether oxygens (including phenoxy) is 2. The van der Waals surface area contributed by atoms with Crippen LogP contribution in [0.3, 0.4) is 0 Å². The molecule has 0 aliphatic carbocycles. The quantitative estimate of drug-likeness (QED) is 0.854. The van der Waals surface area contributed by atoms with Crippen LogP contribution in [-0.4, -0.2) is 32.8 Å². The van der Waals surface area contributed by atoms with Crippen LogP contribution in [0.2, 0.25) is 5.02 Å². The molecule has 3 N–H and O–H groups in total. The van der Waals surface area contributed by atoms with Gasteiger partial charge in [-0.25, -0.2) is 0 Å². The summed E-state index contributed by atoms with van der Waals surface area (Å²) < 4.78 is 10.6. The lowest BCUT2D eigenvalue weighted by Gasteiger charge is -2.34. The third-order valence-electron chi connectivity index (χ3n) is 4.00. The molecule has 0 spiro atoms. The minimum Gasteiger partial charge on any atom is -0.496 e. The lowest BCUT2D eigenvalue weighted by Crippen LogP contribution is -2.49. The summed E-state index contributed by atoms with van der Waals surface area (Å²) in [5.74, 6) is 0.670. The zero-order valence-corrected chi connectivity index (χ0v) is 14.1. The van der Waals surface area contributed by atoms with Gasteiger partial charge >= 0.3 is 0 Å². The van der Waals surface area contributed by atoms with Gasteiger partial charge in [-0.05, 0) is 31.0 Å². The first kappa shape index (κ1) is 19.0. The standard InChI is InChI=1S/C15H21ClN2O3.ClH/c1-20-13-3-2-12(16)8-11(13)9-18-14(19)15(10-17)4-6-21-7-5-15;/h2-3,8H,4-7,9-10,17H2,1H3,(H,18,19);1H. The van der Waals surface area contributed by atoms with Crippen LogP contribution in [-0.2, 0) is 16.1 Å². The van der Waals surface area contributed by atoms with Crippen LogP contribution < -0.4 is 15.8 Å². The first-order valence-corrected chi connectivity index (χ1v) is 7.37. The molecule has 1 aliphatic rings. The number of nitrogens with two attached hydrogens (primary N) is 1. The van der Waals surface area contributed by atoms with Crippen LogP contribution in [0.5, 0.6) is 5.75 Å². The van der Waals surface area contributed by atoms with Crippen molar-refractivity contribution in [3.05, 3.63) is 28.8 Å². The average Bonchev–Trinajstić information content (AvgIpc) is 2.53. The van der Waals surface area contributed by atoms with Crippen LogP contribution >= 0.6 is 24.0 Å². The maximum absolute atomic E-state index is 12.5. The summed E-state index contributed by atoms with van der Waals surface area (Å²) in [5, 5.41) is 3.56. The number of carbonyl (C=O) groups excluding carboxylic acids is 1. The van der Waals surface area contributed by atoms with Crippen LogP contribution in [0, 0.1) is 5.41 Å². The molecule has 22 heavy (non-hydrogen) atoms. The Morgan fingerprint density at radius 3 is 2.73 bits per heavy atom. The lowest BCUT2D eigenvalue weighted by atomic mass is 9.79. The van der Waals surface area contributed by atoms with Gasteiger partial charge in [-0.1, -0.05) is 11.6 Å². The van der Waals surface area contributed by atoms with Gasteiger partial charge in [0.15, 0.2) is 0 Å². The van der Waals surface area contributed by atoms with Crippen molar-refractivity contribution < 1.29 is 14.3 Å². The van der Waals surface area contributed by atoms with Gasteiger partial charge in [0.2, 0.25) is 5.91 Å². The van der Waals surface area contributed by atoms with E-state index in [0.717, 1.165) is 5.56 Å². The Balaban J connectivity index is 0.00000242.